The number of halogens is 1. The second-order valence-electron chi connectivity index (χ2n) is 6.63. The van der Waals surface area contributed by atoms with E-state index in [0.717, 1.165) is 0 Å². The van der Waals surface area contributed by atoms with E-state index in [9.17, 15) is 14.7 Å². The van der Waals surface area contributed by atoms with Crippen LogP contribution in [0.25, 0.3) is 5.76 Å². The van der Waals surface area contributed by atoms with Gasteiger partial charge in [-0.15, -0.1) is 0 Å². The van der Waals surface area contributed by atoms with E-state index in [4.69, 9.17) is 4.74 Å². The number of pyridine rings is 1. The molecule has 1 fully saturated rings. The number of ether oxygens (including phenoxy) is 1. The van der Waals surface area contributed by atoms with Crippen molar-refractivity contribution in [3.8, 4) is 5.75 Å². The second kappa shape index (κ2) is 8.12. The maximum absolute atomic E-state index is 13.0. The number of carbonyl (C=O) groups is 2. The quantitative estimate of drug-likeness (QED) is 0.349. The molecule has 1 atom stereocenters. The van der Waals surface area contributed by atoms with Gasteiger partial charge in [-0.1, -0.05) is 18.2 Å². The second-order valence-corrected chi connectivity index (χ2v) is 7.49. The van der Waals surface area contributed by atoms with Gasteiger partial charge in [0.15, 0.2) is 0 Å². The number of hydrogen-bond donors (Lipinski definition) is 1. The van der Waals surface area contributed by atoms with Crippen molar-refractivity contribution in [2.24, 2.45) is 0 Å². The smallest absolute Gasteiger partial charge is 0.300 e. The van der Waals surface area contributed by atoms with Crippen LogP contribution in [0.4, 0.5) is 5.69 Å². The van der Waals surface area contributed by atoms with E-state index in [-0.39, 0.29) is 11.3 Å². The van der Waals surface area contributed by atoms with E-state index >= 15 is 0 Å². The van der Waals surface area contributed by atoms with Crippen molar-refractivity contribution < 1.29 is 19.4 Å². The normalized spacial score (nSPS) is 17.9. The molecule has 0 radical (unpaired) electrons. The molecule has 1 amide bonds. The third kappa shape index (κ3) is 3.37. The lowest BCUT2D eigenvalue weighted by Gasteiger charge is -2.25. The highest BCUT2D eigenvalue weighted by Crippen LogP contribution is 2.42. The fraction of sp³-hybridized carbons (Fsp3) is 0.0870. The topological polar surface area (TPSA) is 79.7 Å². The Morgan fingerprint density at radius 3 is 2.40 bits per heavy atom. The van der Waals surface area contributed by atoms with Crippen LogP contribution in [0, 0.1) is 0 Å². The van der Waals surface area contributed by atoms with Crippen LogP contribution in [0.1, 0.15) is 17.2 Å². The van der Waals surface area contributed by atoms with E-state index in [1.54, 1.807) is 67.0 Å². The average Bonchev–Trinajstić information content (AvgIpc) is 3.05. The molecule has 0 aliphatic carbocycles. The number of hydrogen-bond acceptors (Lipinski definition) is 5. The average molecular weight is 465 g/mol. The van der Waals surface area contributed by atoms with Gasteiger partial charge in [-0.3, -0.25) is 19.5 Å². The van der Waals surface area contributed by atoms with Gasteiger partial charge in [0.1, 0.15) is 11.5 Å². The summed E-state index contributed by atoms with van der Waals surface area (Å²) in [5, 5.41) is 11.1. The number of aliphatic hydroxyl groups is 1. The summed E-state index contributed by atoms with van der Waals surface area (Å²) in [4.78, 5) is 31.5. The molecule has 0 bridgehead atoms. The van der Waals surface area contributed by atoms with Crippen LogP contribution in [-0.2, 0) is 9.59 Å². The third-order valence-corrected chi connectivity index (χ3v) is 5.55. The highest BCUT2D eigenvalue weighted by atomic mass is 79.9. The number of aromatic nitrogens is 1. The van der Waals surface area contributed by atoms with Crippen molar-refractivity contribution in [3.63, 3.8) is 0 Å². The lowest BCUT2D eigenvalue weighted by Crippen LogP contribution is -2.29. The zero-order chi connectivity index (χ0) is 21.3. The first-order valence-electron chi connectivity index (χ1n) is 9.13. The minimum Gasteiger partial charge on any atom is -0.507 e. The van der Waals surface area contributed by atoms with Gasteiger partial charge < -0.3 is 9.84 Å². The molecule has 1 N–H and O–H groups in total. The van der Waals surface area contributed by atoms with Crippen molar-refractivity contribution in [3.05, 3.63) is 94.2 Å². The number of amides is 1. The van der Waals surface area contributed by atoms with Gasteiger partial charge in [0.25, 0.3) is 11.7 Å². The van der Waals surface area contributed by atoms with Crippen LogP contribution in [0.15, 0.2) is 83.1 Å². The Morgan fingerprint density at radius 2 is 1.77 bits per heavy atom. The van der Waals surface area contributed by atoms with Gasteiger partial charge in [0.05, 0.1) is 23.2 Å². The van der Waals surface area contributed by atoms with E-state index in [0.29, 0.717) is 27.0 Å². The molecule has 2 aromatic carbocycles. The molecule has 1 unspecified atom stereocenters. The molecule has 1 saturated heterocycles. The monoisotopic (exact) mass is 464 g/mol. The van der Waals surface area contributed by atoms with Crippen molar-refractivity contribution >= 4 is 39.1 Å². The summed E-state index contributed by atoms with van der Waals surface area (Å²) < 4.78 is 5.85. The molecule has 1 aliphatic rings. The highest BCUT2D eigenvalue weighted by molar-refractivity contribution is 9.10. The number of methoxy groups -OCH3 is 1. The minimum atomic E-state index is -0.781. The molecule has 6 nitrogen and oxygen atoms in total. The van der Waals surface area contributed by atoms with Crippen molar-refractivity contribution in [1.29, 1.82) is 0 Å². The predicted octanol–water partition coefficient (Wildman–Crippen LogP) is 4.48. The number of aliphatic hydroxyl groups excluding tert-OH is 1. The summed E-state index contributed by atoms with van der Waals surface area (Å²) >= 11 is 3.39. The zero-order valence-corrected chi connectivity index (χ0v) is 17.5. The van der Waals surface area contributed by atoms with Crippen LogP contribution in [0.2, 0.25) is 0 Å². The number of carbonyl (C=O) groups excluding carboxylic acids is 2. The molecule has 1 aromatic heterocycles. The molecule has 2 heterocycles. The van der Waals surface area contributed by atoms with Gasteiger partial charge in [-0.2, -0.15) is 0 Å². The van der Waals surface area contributed by atoms with Crippen LogP contribution in [-0.4, -0.2) is 28.9 Å². The van der Waals surface area contributed by atoms with Crippen LogP contribution < -0.4 is 9.64 Å². The standard InChI is InChI=1S/C23H17BrN2O4/c1-30-18-8-7-15(13-17(18)24)21(27)19-20(14-9-11-25-12-10-14)26(23(29)22(19)28)16-5-3-2-4-6-16/h2-13,20,27H,1H3/b21-19-. The number of Topliss-reactive ketones (excluding diaryl/α,β-unsaturated/α-hetero) is 1. The summed E-state index contributed by atoms with van der Waals surface area (Å²) in [6.07, 6.45) is 3.18. The Balaban J connectivity index is 1.93. The molecule has 30 heavy (non-hydrogen) atoms. The van der Waals surface area contributed by atoms with Gasteiger partial charge >= 0.3 is 0 Å². The van der Waals surface area contributed by atoms with E-state index in [1.807, 2.05) is 6.07 Å². The zero-order valence-electron chi connectivity index (χ0n) is 15.9. The van der Waals surface area contributed by atoms with Gasteiger partial charge in [0, 0.05) is 23.6 Å². The summed E-state index contributed by atoms with van der Waals surface area (Å²) in [6, 6.07) is 16.5. The summed E-state index contributed by atoms with van der Waals surface area (Å²) in [7, 11) is 1.54. The number of nitrogens with zero attached hydrogens (tertiary/aromatic N) is 2. The lowest BCUT2D eigenvalue weighted by atomic mass is 9.95. The van der Waals surface area contributed by atoms with Gasteiger partial charge in [-0.25, -0.2) is 0 Å². The molecule has 150 valence electrons. The molecule has 4 rings (SSSR count). The summed E-state index contributed by atoms with van der Waals surface area (Å²) in [5.41, 5.74) is 1.65. The fourth-order valence-corrected chi connectivity index (χ4v) is 4.06. The Kier molecular flexibility index (Phi) is 5.37. The summed E-state index contributed by atoms with van der Waals surface area (Å²) in [6.45, 7) is 0. The number of para-hydroxylation sites is 1. The number of ketones is 1. The Labute approximate surface area is 181 Å². The number of rotatable bonds is 4. The summed E-state index contributed by atoms with van der Waals surface area (Å²) in [5.74, 6) is -1.11. The first-order valence-corrected chi connectivity index (χ1v) is 9.92. The van der Waals surface area contributed by atoms with Crippen LogP contribution in [0.5, 0.6) is 5.75 Å². The molecule has 7 heteroatoms. The minimum absolute atomic E-state index is 0.0205. The van der Waals surface area contributed by atoms with Gasteiger partial charge in [-0.05, 0) is 64.0 Å². The number of anilines is 1. The van der Waals surface area contributed by atoms with E-state index in [2.05, 4.69) is 20.9 Å². The Hall–Kier alpha value is -3.45. The predicted molar refractivity (Wildman–Crippen MR) is 116 cm³/mol. The van der Waals surface area contributed by atoms with Crippen molar-refractivity contribution in [2.45, 2.75) is 6.04 Å². The van der Waals surface area contributed by atoms with Gasteiger partial charge in [0.2, 0.25) is 0 Å². The third-order valence-electron chi connectivity index (χ3n) is 4.93. The molecule has 3 aromatic rings. The highest BCUT2D eigenvalue weighted by Gasteiger charge is 2.46. The SMILES string of the molecule is COc1ccc(/C(O)=C2/C(=O)C(=O)N(c3ccccc3)C2c2ccncc2)cc1Br. The number of benzene rings is 2. The lowest BCUT2D eigenvalue weighted by molar-refractivity contribution is -0.132. The fourth-order valence-electron chi connectivity index (χ4n) is 3.52. The molecule has 0 saturated carbocycles. The first-order chi connectivity index (χ1) is 14.5. The Bertz CT molecular complexity index is 1150. The Morgan fingerprint density at radius 1 is 1.07 bits per heavy atom. The molecule has 1 aliphatic heterocycles. The molecule has 0 spiro atoms. The van der Waals surface area contributed by atoms with E-state index < -0.39 is 17.7 Å². The van der Waals surface area contributed by atoms with Crippen LogP contribution >= 0.6 is 15.9 Å². The maximum atomic E-state index is 13.0. The molecular formula is C23H17BrN2O4. The van der Waals surface area contributed by atoms with Crippen molar-refractivity contribution in [1.82, 2.24) is 4.98 Å². The van der Waals surface area contributed by atoms with Crippen molar-refractivity contribution in [2.75, 3.05) is 12.0 Å². The van der Waals surface area contributed by atoms with E-state index in [1.165, 1.54) is 12.0 Å². The first kappa shape index (κ1) is 19.8. The largest absolute Gasteiger partial charge is 0.507 e. The maximum Gasteiger partial charge on any atom is 0.300 e. The van der Waals surface area contributed by atoms with Crippen LogP contribution in [0.3, 0.4) is 0 Å². The molecular weight excluding hydrogens is 448 g/mol.